The van der Waals surface area contributed by atoms with Gasteiger partial charge in [0, 0.05) is 17.0 Å². The number of carbonyl (C=O) groups is 1. The van der Waals surface area contributed by atoms with Crippen LogP contribution >= 0.6 is 11.6 Å². The molecule has 92 valence electrons. The monoisotopic (exact) mass is 255 g/mol. The number of hydrogen-bond donors (Lipinski definition) is 1. The van der Waals surface area contributed by atoms with E-state index in [0.29, 0.717) is 5.02 Å². The maximum atomic E-state index is 13.7. The summed E-state index contributed by atoms with van der Waals surface area (Å²) in [6, 6.07) is 4.17. The second-order valence-corrected chi connectivity index (χ2v) is 5.08. The molecule has 0 amide bonds. The van der Waals surface area contributed by atoms with E-state index in [2.05, 4.69) is 0 Å². The Kier molecular flexibility index (Phi) is 3.50. The smallest absolute Gasteiger partial charge is 0.173 e. The van der Waals surface area contributed by atoms with E-state index in [9.17, 15) is 9.18 Å². The Hall–Kier alpha value is -0.930. The zero-order valence-corrected chi connectivity index (χ0v) is 10.3. The van der Waals surface area contributed by atoms with Crippen molar-refractivity contribution in [1.82, 2.24) is 0 Å². The molecule has 2 N–H and O–H groups in total. The first-order valence-electron chi connectivity index (χ1n) is 5.79. The minimum absolute atomic E-state index is 0.113. The van der Waals surface area contributed by atoms with Crippen molar-refractivity contribution in [1.29, 1.82) is 0 Å². The molecule has 0 heterocycles. The highest BCUT2D eigenvalue weighted by atomic mass is 35.5. The Morgan fingerprint density at radius 2 is 2.06 bits per heavy atom. The standard InChI is InChI=1S/C13H15ClFNO/c14-9-3-4-10(11(15)7-9)12(17)13(8-16)5-1-2-6-13/h3-4,7H,1-2,5-6,8,16H2. The van der Waals surface area contributed by atoms with Crippen LogP contribution in [-0.2, 0) is 0 Å². The van der Waals surface area contributed by atoms with Gasteiger partial charge in [-0.25, -0.2) is 4.39 Å². The van der Waals surface area contributed by atoms with Crippen LogP contribution in [0.2, 0.25) is 5.02 Å². The second-order valence-electron chi connectivity index (χ2n) is 4.64. The van der Waals surface area contributed by atoms with Crippen molar-refractivity contribution >= 4 is 17.4 Å². The summed E-state index contributed by atoms with van der Waals surface area (Å²) in [5.41, 5.74) is 5.27. The van der Waals surface area contributed by atoms with Crippen molar-refractivity contribution in [2.75, 3.05) is 6.54 Å². The lowest BCUT2D eigenvalue weighted by molar-refractivity contribution is 0.0805. The van der Waals surface area contributed by atoms with Crippen molar-refractivity contribution in [3.63, 3.8) is 0 Å². The third-order valence-electron chi connectivity index (χ3n) is 3.61. The molecule has 2 rings (SSSR count). The number of nitrogens with two attached hydrogens (primary N) is 1. The molecule has 0 aromatic heterocycles. The number of rotatable bonds is 3. The van der Waals surface area contributed by atoms with Crippen LogP contribution in [0.5, 0.6) is 0 Å². The second kappa shape index (κ2) is 4.75. The summed E-state index contributed by atoms with van der Waals surface area (Å²) in [6.45, 7) is 0.286. The molecule has 0 bridgehead atoms. The third kappa shape index (κ3) is 2.22. The molecule has 1 aliphatic carbocycles. The van der Waals surface area contributed by atoms with Crippen molar-refractivity contribution in [2.24, 2.45) is 11.1 Å². The number of carbonyl (C=O) groups excluding carboxylic acids is 1. The molecule has 0 atom stereocenters. The number of halogens is 2. The number of hydrogen-bond acceptors (Lipinski definition) is 2. The van der Waals surface area contributed by atoms with Crippen LogP contribution in [0.15, 0.2) is 18.2 Å². The average molecular weight is 256 g/mol. The topological polar surface area (TPSA) is 43.1 Å². The van der Waals surface area contributed by atoms with Crippen LogP contribution in [-0.4, -0.2) is 12.3 Å². The molecule has 0 radical (unpaired) electrons. The number of Topliss-reactive ketones (excluding diaryl/α,β-unsaturated/α-hetero) is 1. The van der Waals surface area contributed by atoms with E-state index in [-0.39, 0.29) is 17.9 Å². The molecule has 0 unspecified atom stereocenters. The van der Waals surface area contributed by atoms with Crippen molar-refractivity contribution in [3.8, 4) is 0 Å². The van der Waals surface area contributed by atoms with Crippen molar-refractivity contribution in [2.45, 2.75) is 25.7 Å². The van der Waals surface area contributed by atoms with Crippen LogP contribution < -0.4 is 5.73 Å². The van der Waals surface area contributed by atoms with Gasteiger partial charge in [-0.05, 0) is 31.0 Å². The highest BCUT2D eigenvalue weighted by Crippen LogP contribution is 2.40. The fourth-order valence-electron chi connectivity index (χ4n) is 2.53. The van der Waals surface area contributed by atoms with E-state index >= 15 is 0 Å². The summed E-state index contributed by atoms with van der Waals surface area (Å²) in [4.78, 5) is 12.4. The van der Waals surface area contributed by atoms with Gasteiger partial charge < -0.3 is 5.73 Å². The molecule has 1 fully saturated rings. The Bertz CT molecular complexity index is 441. The van der Waals surface area contributed by atoms with Crippen LogP contribution in [0, 0.1) is 11.2 Å². The third-order valence-corrected chi connectivity index (χ3v) is 3.84. The quantitative estimate of drug-likeness (QED) is 0.843. The van der Waals surface area contributed by atoms with Crippen LogP contribution in [0.1, 0.15) is 36.0 Å². The predicted octanol–water partition coefficient (Wildman–Crippen LogP) is 3.18. The zero-order valence-electron chi connectivity index (χ0n) is 9.51. The minimum Gasteiger partial charge on any atom is -0.329 e. The summed E-state index contributed by atoms with van der Waals surface area (Å²) in [5.74, 6) is -0.728. The summed E-state index contributed by atoms with van der Waals surface area (Å²) in [7, 11) is 0. The Labute approximate surface area is 105 Å². The molecule has 1 aromatic carbocycles. The number of benzene rings is 1. The van der Waals surface area contributed by atoms with Crippen molar-refractivity contribution < 1.29 is 9.18 Å². The van der Waals surface area contributed by atoms with Gasteiger partial charge >= 0.3 is 0 Å². The first kappa shape index (κ1) is 12.5. The van der Waals surface area contributed by atoms with Gasteiger partial charge in [0.05, 0.1) is 5.56 Å². The first-order chi connectivity index (χ1) is 8.09. The van der Waals surface area contributed by atoms with Gasteiger partial charge in [0.15, 0.2) is 5.78 Å². The van der Waals surface area contributed by atoms with E-state index in [1.54, 1.807) is 0 Å². The van der Waals surface area contributed by atoms with Gasteiger partial charge in [0.25, 0.3) is 0 Å². The van der Waals surface area contributed by atoms with Crippen LogP contribution in [0.25, 0.3) is 0 Å². The average Bonchev–Trinajstić information content (AvgIpc) is 2.78. The zero-order chi connectivity index (χ0) is 12.5. The maximum Gasteiger partial charge on any atom is 0.173 e. The molecule has 1 saturated carbocycles. The van der Waals surface area contributed by atoms with E-state index in [0.717, 1.165) is 25.7 Å². The molecule has 4 heteroatoms. The molecule has 1 aromatic rings. The molecule has 1 aliphatic rings. The van der Waals surface area contributed by atoms with Crippen LogP contribution in [0.3, 0.4) is 0 Å². The molecule has 0 aliphatic heterocycles. The molecule has 0 saturated heterocycles. The van der Waals surface area contributed by atoms with Gasteiger partial charge in [0.2, 0.25) is 0 Å². The van der Waals surface area contributed by atoms with Gasteiger partial charge in [-0.15, -0.1) is 0 Å². The molecular weight excluding hydrogens is 241 g/mol. The Morgan fingerprint density at radius 3 is 2.59 bits per heavy atom. The van der Waals surface area contributed by atoms with E-state index in [1.165, 1.54) is 18.2 Å². The van der Waals surface area contributed by atoms with Gasteiger partial charge in [-0.3, -0.25) is 4.79 Å². The lowest BCUT2D eigenvalue weighted by Gasteiger charge is -2.25. The fraction of sp³-hybridized carbons (Fsp3) is 0.462. The van der Waals surface area contributed by atoms with E-state index in [4.69, 9.17) is 17.3 Å². The Morgan fingerprint density at radius 1 is 1.41 bits per heavy atom. The molecule has 2 nitrogen and oxygen atoms in total. The largest absolute Gasteiger partial charge is 0.329 e. The SMILES string of the molecule is NCC1(C(=O)c2ccc(Cl)cc2F)CCCC1. The maximum absolute atomic E-state index is 13.7. The Balaban J connectivity index is 2.36. The predicted molar refractivity (Wildman–Crippen MR) is 65.7 cm³/mol. The fourth-order valence-corrected chi connectivity index (χ4v) is 2.69. The van der Waals surface area contributed by atoms with Gasteiger partial charge in [-0.2, -0.15) is 0 Å². The first-order valence-corrected chi connectivity index (χ1v) is 6.17. The van der Waals surface area contributed by atoms with E-state index < -0.39 is 11.2 Å². The van der Waals surface area contributed by atoms with Gasteiger partial charge in [-0.1, -0.05) is 24.4 Å². The number of ketones is 1. The normalized spacial score (nSPS) is 18.3. The lowest BCUT2D eigenvalue weighted by Crippen LogP contribution is -2.36. The van der Waals surface area contributed by atoms with Gasteiger partial charge in [0.1, 0.15) is 5.82 Å². The minimum atomic E-state index is -0.561. The highest BCUT2D eigenvalue weighted by molar-refractivity contribution is 6.30. The summed E-state index contributed by atoms with van der Waals surface area (Å²) in [6.07, 6.45) is 3.48. The summed E-state index contributed by atoms with van der Waals surface area (Å²) >= 11 is 5.67. The molecule has 0 spiro atoms. The summed E-state index contributed by atoms with van der Waals surface area (Å²) in [5, 5.41) is 0.298. The molecule has 17 heavy (non-hydrogen) atoms. The van der Waals surface area contributed by atoms with Crippen LogP contribution in [0.4, 0.5) is 4.39 Å². The van der Waals surface area contributed by atoms with Crippen molar-refractivity contribution in [3.05, 3.63) is 34.6 Å². The summed E-state index contributed by atoms with van der Waals surface area (Å²) < 4.78 is 13.7. The lowest BCUT2D eigenvalue weighted by atomic mass is 9.79. The van der Waals surface area contributed by atoms with E-state index in [1.807, 2.05) is 0 Å². The molecular formula is C13H15ClFNO. The highest BCUT2D eigenvalue weighted by Gasteiger charge is 2.40.